The van der Waals surface area contributed by atoms with Gasteiger partial charge in [0.25, 0.3) is 0 Å². The predicted molar refractivity (Wildman–Crippen MR) is 57.3 cm³/mol. The number of hydrogen-bond acceptors (Lipinski definition) is 2. The first kappa shape index (κ1) is 8.73. The topological polar surface area (TPSA) is 12.9 Å². The molecule has 0 amide bonds. The number of halogens is 1. The molecule has 0 saturated carbocycles. The van der Waals surface area contributed by atoms with Crippen molar-refractivity contribution in [1.82, 2.24) is 4.98 Å². The molecular formula is C10H8ClNS. The Balaban J connectivity index is 2.52. The lowest BCUT2D eigenvalue weighted by molar-refractivity contribution is 1.30. The fourth-order valence-electron chi connectivity index (χ4n) is 1.16. The second kappa shape index (κ2) is 3.48. The van der Waals surface area contributed by atoms with Gasteiger partial charge in [0, 0.05) is 16.0 Å². The molecule has 3 heteroatoms. The number of aryl methyl sites for hydroxylation is 1. The minimum absolute atomic E-state index is 0.757. The summed E-state index contributed by atoms with van der Waals surface area (Å²) in [6, 6.07) is 7.75. The molecule has 0 saturated heterocycles. The molecule has 0 aliphatic rings. The van der Waals surface area contributed by atoms with E-state index in [4.69, 9.17) is 11.6 Å². The first-order valence-corrected chi connectivity index (χ1v) is 5.20. The van der Waals surface area contributed by atoms with Crippen molar-refractivity contribution >= 4 is 22.9 Å². The van der Waals surface area contributed by atoms with Crippen LogP contribution in [-0.4, -0.2) is 4.98 Å². The Labute approximate surface area is 86.0 Å². The summed E-state index contributed by atoms with van der Waals surface area (Å²) >= 11 is 7.67. The highest BCUT2D eigenvalue weighted by Crippen LogP contribution is 2.27. The van der Waals surface area contributed by atoms with Crippen LogP contribution in [0.5, 0.6) is 0 Å². The average molecular weight is 210 g/mol. The van der Waals surface area contributed by atoms with E-state index in [2.05, 4.69) is 4.98 Å². The molecule has 1 aromatic heterocycles. The minimum atomic E-state index is 0.757. The number of benzene rings is 1. The van der Waals surface area contributed by atoms with Crippen LogP contribution in [0.2, 0.25) is 5.02 Å². The number of hydrogen-bond donors (Lipinski definition) is 0. The van der Waals surface area contributed by atoms with Gasteiger partial charge in [-0.05, 0) is 13.0 Å². The van der Waals surface area contributed by atoms with Crippen molar-refractivity contribution in [3.05, 3.63) is 39.7 Å². The van der Waals surface area contributed by atoms with E-state index in [1.807, 2.05) is 36.6 Å². The van der Waals surface area contributed by atoms with Crippen LogP contribution in [0, 0.1) is 6.92 Å². The Bertz CT molecular complexity index is 422. The molecule has 1 aromatic carbocycles. The Hall–Kier alpha value is -0.860. The Morgan fingerprint density at radius 1 is 1.31 bits per heavy atom. The lowest BCUT2D eigenvalue weighted by Gasteiger charge is -1.98. The second-order valence-electron chi connectivity index (χ2n) is 2.73. The van der Waals surface area contributed by atoms with Crippen LogP contribution < -0.4 is 0 Å². The zero-order valence-corrected chi connectivity index (χ0v) is 8.69. The van der Waals surface area contributed by atoms with E-state index in [-0.39, 0.29) is 0 Å². The first-order valence-electron chi connectivity index (χ1n) is 3.94. The molecule has 2 aromatic rings. The van der Waals surface area contributed by atoms with Crippen molar-refractivity contribution in [2.75, 3.05) is 0 Å². The van der Waals surface area contributed by atoms with Crippen LogP contribution in [0.25, 0.3) is 11.3 Å². The Kier molecular flexibility index (Phi) is 2.34. The second-order valence-corrected chi connectivity index (χ2v) is 4.20. The van der Waals surface area contributed by atoms with Gasteiger partial charge in [-0.2, -0.15) is 0 Å². The van der Waals surface area contributed by atoms with E-state index in [0.29, 0.717) is 0 Å². The standard InChI is InChI=1S/C10H8ClNS/c1-7-12-10(6-13-7)8-4-2-3-5-9(8)11/h2-6H,1H3. The smallest absolute Gasteiger partial charge is 0.0901 e. The largest absolute Gasteiger partial charge is 0.241 e. The summed E-state index contributed by atoms with van der Waals surface area (Å²) in [6.07, 6.45) is 0. The average Bonchev–Trinajstić information content (AvgIpc) is 2.53. The molecule has 2 rings (SSSR count). The summed E-state index contributed by atoms with van der Waals surface area (Å²) in [6.45, 7) is 1.99. The summed E-state index contributed by atoms with van der Waals surface area (Å²) in [5.74, 6) is 0. The van der Waals surface area contributed by atoms with Crippen LogP contribution in [0.15, 0.2) is 29.6 Å². The summed E-state index contributed by atoms with van der Waals surface area (Å²) in [4.78, 5) is 4.38. The highest BCUT2D eigenvalue weighted by atomic mass is 35.5. The van der Waals surface area contributed by atoms with Gasteiger partial charge in [0.1, 0.15) is 0 Å². The quantitative estimate of drug-likeness (QED) is 0.697. The van der Waals surface area contributed by atoms with Crippen LogP contribution in [0.4, 0.5) is 0 Å². The van der Waals surface area contributed by atoms with E-state index in [1.54, 1.807) is 11.3 Å². The van der Waals surface area contributed by atoms with Gasteiger partial charge in [0.05, 0.1) is 10.7 Å². The zero-order chi connectivity index (χ0) is 9.26. The van der Waals surface area contributed by atoms with Gasteiger partial charge >= 0.3 is 0 Å². The van der Waals surface area contributed by atoms with Crippen LogP contribution in [-0.2, 0) is 0 Å². The first-order chi connectivity index (χ1) is 6.27. The van der Waals surface area contributed by atoms with Crippen LogP contribution >= 0.6 is 22.9 Å². The molecule has 0 atom stereocenters. The summed E-state index contributed by atoms with van der Waals surface area (Å²) in [5.41, 5.74) is 1.97. The molecule has 0 fully saturated rings. The number of nitrogens with zero attached hydrogens (tertiary/aromatic N) is 1. The number of rotatable bonds is 1. The third-order valence-corrected chi connectivity index (χ3v) is 2.87. The third kappa shape index (κ3) is 1.74. The molecular weight excluding hydrogens is 202 g/mol. The highest BCUT2D eigenvalue weighted by Gasteiger charge is 2.04. The fraction of sp³-hybridized carbons (Fsp3) is 0.100. The molecule has 66 valence electrons. The minimum Gasteiger partial charge on any atom is -0.241 e. The molecule has 0 bridgehead atoms. The molecule has 0 N–H and O–H groups in total. The predicted octanol–water partition coefficient (Wildman–Crippen LogP) is 3.77. The van der Waals surface area contributed by atoms with Gasteiger partial charge in [-0.15, -0.1) is 11.3 Å². The van der Waals surface area contributed by atoms with E-state index >= 15 is 0 Å². The maximum Gasteiger partial charge on any atom is 0.0901 e. The summed E-state index contributed by atoms with van der Waals surface area (Å²) < 4.78 is 0. The van der Waals surface area contributed by atoms with E-state index in [9.17, 15) is 0 Å². The number of aromatic nitrogens is 1. The SMILES string of the molecule is Cc1nc(-c2ccccc2Cl)cs1. The Morgan fingerprint density at radius 2 is 2.08 bits per heavy atom. The van der Waals surface area contributed by atoms with E-state index in [0.717, 1.165) is 21.3 Å². The van der Waals surface area contributed by atoms with Gasteiger partial charge in [-0.3, -0.25) is 0 Å². The zero-order valence-electron chi connectivity index (χ0n) is 7.12. The van der Waals surface area contributed by atoms with Gasteiger partial charge in [0.2, 0.25) is 0 Å². The molecule has 0 unspecified atom stereocenters. The summed E-state index contributed by atoms with van der Waals surface area (Å²) in [7, 11) is 0. The van der Waals surface area contributed by atoms with Crippen LogP contribution in [0.3, 0.4) is 0 Å². The lowest BCUT2D eigenvalue weighted by Crippen LogP contribution is -1.78. The van der Waals surface area contributed by atoms with Crippen molar-refractivity contribution < 1.29 is 0 Å². The molecule has 1 nitrogen and oxygen atoms in total. The van der Waals surface area contributed by atoms with Crippen molar-refractivity contribution in [3.63, 3.8) is 0 Å². The fourth-order valence-corrected chi connectivity index (χ4v) is 2.00. The van der Waals surface area contributed by atoms with E-state index in [1.165, 1.54) is 0 Å². The summed E-state index contributed by atoms with van der Waals surface area (Å²) in [5, 5.41) is 3.85. The molecule has 1 heterocycles. The third-order valence-electron chi connectivity index (χ3n) is 1.77. The van der Waals surface area contributed by atoms with Crippen molar-refractivity contribution in [1.29, 1.82) is 0 Å². The van der Waals surface area contributed by atoms with Crippen LogP contribution in [0.1, 0.15) is 5.01 Å². The van der Waals surface area contributed by atoms with Gasteiger partial charge in [-0.25, -0.2) is 4.98 Å². The Morgan fingerprint density at radius 3 is 2.69 bits per heavy atom. The monoisotopic (exact) mass is 209 g/mol. The van der Waals surface area contributed by atoms with Gasteiger partial charge in [0.15, 0.2) is 0 Å². The van der Waals surface area contributed by atoms with Gasteiger partial charge in [-0.1, -0.05) is 29.8 Å². The normalized spacial score (nSPS) is 10.3. The van der Waals surface area contributed by atoms with Crippen molar-refractivity contribution in [2.24, 2.45) is 0 Å². The maximum atomic E-state index is 6.03. The van der Waals surface area contributed by atoms with Gasteiger partial charge < -0.3 is 0 Å². The maximum absolute atomic E-state index is 6.03. The molecule has 0 aliphatic carbocycles. The highest BCUT2D eigenvalue weighted by molar-refractivity contribution is 7.09. The molecule has 0 aliphatic heterocycles. The van der Waals surface area contributed by atoms with Crippen molar-refractivity contribution in [3.8, 4) is 11.3 Å². The lowest BCUT2D eigenvalue weighted by atomic mass is 10.2. The molecule has 13 heavy (non-hydrogen) atoms. The van der Waals surface area contributed by atoms with Crippen molar-refractivity contribution in [2.45, 2.75) is 6.92 Å². The van der Waals surface area contributed by atoms with E-state index < -0.39 is 0 Å². The number of thiazole rings is 1. The molecule has 0 radical (unpaired) electrons. The molecule has 0 spiro atoms.